The minimum atomic E-state index is 0.00662. The molecule has 1 saturated carbocycles. The number of carbonyl (C=O) groups excluding carboxylic acids is 2. The molecule has 144 valence electrons. The minimum absolute atomic E-state index is 0.00662. The van der Waals surface area contributed by atoms with E-state index < -0.39 is 0 Å². The van der Waals surface area contributed by atoms with E-state index in [1.54, 1.807) is 18.9 Å². The number of nitrogens with one attached hydrogen (secondary N) is 1. The van der Waals surface area contributed by atoms with Crippen molar-refractivity contribution in [3.8, 4) is 0 Å². The van der Waals surface area contributed by atoms with Gasteiger partial charge in [0.1, 0.15) is 0 Å². The molecule has 0 bridgehead atoms. The first kappa shape index (κ1) is 20.2. The van der Waals surface area contributed by atoms with Crippen molar-refractivity contribution in [3.63, 3.8) is 0 Å². The summed E-state index contributed by atoms with van der Waals surface area (Å²) in [5, 5.41) is 3.05. The van der Waals surface area contributed by atoms with Gasteiger partial charge in [0.25, 0.3) is 0 Å². The monoisotopic (exact) mass is 361 g/mol. The van der Waals surface area contributed by atoms with Crippen LogP contribution in [0.4, 0.5) is 11.4 Å². The third-order valence-electron chi connectivity index (χ3n) is 4.93. The van der Waals surface area contributed by atoms with Crippen LogP contribution in [0.1, 0.15) is 38.2 Å². The second-order valence-electron chi connectivity index (χ2n) is 7.14. The Labute approximate surface area is 156 Å². The molecule has 2 amide bonds. The Hall–Kier alpha value is -2.08. The SMILES string of the molecule is COCCN(Cc1cc(NC(=O)C2CCCC2)ccc1N(C)C)C(C)=O. The maximum absolute atomic E-state index is 12.4. The van der Waals surface area contributed by atoms with Gasteiger partial charge in [-0.2, -0.15) is 0 Å². The molecule has 0 aromatic heterocycles. The van der Waals surface area contributed by atoms with Gasteiger partial charge < -0.3 is 19.9 Å². The van der Waals surface area contributed by atoms with Crippen molar-refractivity contribution in [2.24, 2.45) is 5.92 Å². The molecule has 1 fully saturated rings. The van der Waals surface area contributed by atoms with Crippen molar-refractivity contribution in [2.45, 2.75) is 39.2 Å². The highest BCUT2D eigenvalue weighted by Crippen LogP contribution is 2.28. The molecule has 1 N–H and O–H groups in total. The zero-order chi connectivity index (χ0) is 19.1. The lowest BCUT2D eigenvalue weighted by atomic mass is 10.1. The Morgan fingerprint density at radius 3 is 2.50 bits per heavy atom. The summed E-state index contributed by atoms with van der Waals surface area (Å²) in [6.07, 6.45) is 4.22. The summed E-state index contributed by atoms with van der Waals surface area (Å²) in [5.74, 6) is 0.239. The van der Waals surface area contributed by atoms with Gasteiger partial charge in [-0.25, -0.2) is 0 Å². The Bertz CT molecular complexity index is 625. The predicted octanol–water partition coefficient (Wildman–Crippen LogP) is 2.88. The molecular formula is C20H31N3O3. The third-order valence-corrected chi connectivity index (χ3v) is 4.93. The predicted molar refractivity (Wildman–Crippen MR) is 104 cm³/mol. The number of amides is 2. The molecule has 1 aromatic rings. The minimum Gasteiger partial charge on any atom is -0.383 e. The van der Waals surface area contributed by atoms with Gasteiger partial charge in [0.05, 0.1) is 6.61 Å². The molecule has 6 heteroatoms. The number of benzene rings is 1. The highest BCUT2D eigenvalue weighted by Gasteiger charge is 2.23. The van der Waals surface area contributed by atoms with Crippen molar-refractivity contribution in [1.29, 1.82) is 0 Å². The molecule has 0 atom stereocenters. The first-order chi connectivity index (χ1) is 12.4. The summed E-state index contributed by atoms with van der Waals surface area (Å²) in [5.41, 5.74) is 2.83. The van der Waals surface area contributed by atoms with E-state index in [4.69, 9.17) is 4.74 Å². The summed E-state index contributed by atoms with van der Waals surface area (Å²) in [6, 6.07) is 5.90. The number of hydrogen-bond acceptors (Lipinski definition) is 4. The lowest BCUT2D eigenvalue weighted by Crippen LogP contribution is -2.32. The Morgan fingerprint density at radius 1 is 1.23 bits per heavy atom. The van der Waals surface area contributed by atoms with E-state index in [1.807, 2.05) is 37.2 Å². The molecule has 1 aromatic carbocycles. The quantitative estimate of drug-likeness (QED) is 0.773. The van der Waals surface area contributed by atoms with Crippen molar-refractivity contribution >= 4 is 23.2 Å². The topological polar surface area (TPSA) is 61.9 Å². The fraction of sp³-hybridized carbons (Fsp3) is 0.600. The number of ether oxygens (including phenoxy) is 1. The summed E-state index contributed by atoms with van der Waals surface area (Å²) < 4.78 is 5.11. The van der Waals surface area contributed by atoms with Crippen molar-refractivity contribution < 1.29 is 14.3 Å². The Balaban J connectivity index is 2.18. The summed E-state index contributed by atoms with van der Waals surface area (Å²) >= 11 is 0. The van der Waals surface area contributed by atoms with E-state index in [0.29, 0.717) is 19.7 Å². The van der Waals surface area contributed by atoms with Crippen molar-refractivity contribution in [3.05, 3.63) is 23.8 Å². The highest BCUT2D eigenvalue weighted by atomic mass is 16.5. The number of hydrogen-bond donors (Lipinski definition) is 1. The molecule has 0 unspecified atom stereocenters. The normalized spacial score (nSPS) is 14.3. The van der Waals surface area contributed by atoms with Gasteiger partial charge in [-0.15, -0.1) is 0 Å². The lowest BCUT2D eigenvalue weighted by Gasteiger charge is -2.25. The first-order valence-electron chi connectivity index (χ1n) is 9.28. The zero-order valence-corrected chi connectivity index (χ0v) is 16.4. The van der Waals surface area contributed by atoms with E-state index in [1.165, 1.54) is 0 Å². The van der Waals surface area contributed by atoms with Crippen LogP contribution >= 0.6 is 0 Å². The Morgan fingerprint density at radius 2 is 1.92 bits per heavy atom. The van der Waals surface area contributed by atoms with E-state index in [-0.39, 0.29) is 17.7 Å². The largest absolute Gasteiger partial charge is 0.383 e. The summed E-state index contributed by atoms with van der Waals surface area (Å²) in [4.78, 5) is 28.2. The summed E-state index contributed by atoms with van der Waals surface area (Å²) in [6.45, 7) is 3.09. The van der Waals surface area contributed by atoms with Crippen molar-refractivity contribution in [2.75, 3.05) is 44.6 Å². The van der Waals surface area contributed by atoms with Crippen LogP contribution in [0, 0.1) is 5.92 Å². The van der Waals surface area contributed by atoms with Crippen molar-refractivity contribution in [1.82, 2.24) is 4.90 Å². The number of nitrogens with zero attached hydrogens (tertiary/aromatic N) is 2. The van der Waals surface area contributed by atoms with E-state index in [0.717, 1.165) is 42.6 Å². The fourth-order valence-electron chi connectivity index (χ4n) is 3.41. The van der Waals surface area contributed by atoms with E-state index in [9.17, 15) is 9.59 Å². The molecule has 0 radical (unpaired) electrons. The van der Waals surface area contributed by atoms with Crippen LogP contribution in [0.25, 0.3) is 0 Å². The van der Waals surface area contributed by atoms with Crippen LogP contribution in [0.3, 0.4) is 0 Å². The van der Waals surface area contributed by atoms with Gasteiger partial charge in [-0.05, 0) is 36.6 Å². The van der Waals surface area contributed by atoms with Crippen LogP contribution in [0.15, 0.2) is 18.2 Å². The third kappa shape index (κ3) is 5.46. The average Bonchev–Trinajstić information content (AvgIpc) is 3.13. The second-order valence-corrected chi connectivity index (χ2v) is 7.14. The number of rotatable bonds is 8. The van der Waals surface area contributed by atoms with Gasteiger partial charge in [-0.3, -0.25) is 9.59 Å². The fourth-order valence-corrected chi connectivity index (χ4v) is 3.41. The molecule has 0 spiro atoms. The molecule has 0 heterocycles. The maximum Gasteiger partial charge on any atom is 0.227 e. The van der Waals surface area contributed by atoms with E-state index in [2.05, 4.69) is 5.32 Å². The molecule has 0 aliphatic heterocycles. The molecule has 26 heavy (non-hydrogen) atoms. The molecule has 0 saturated heterocycles. The Kier molecular flexibility index (Phi) is 7.45. The van der Waals surface area contributed by atoms with Crippen LogP contribution in [0.2, 0.25) is 0 Å². The van der Waals surface area contributed by atoms with Crippen LogP contribution < -0.4 is 10.2 Å². The maximum atomic E-state index is 12.4. The van der Waals surface area contributed by atoms with E-state index >= 15 is 0 Å². The van der Waals surface area contributed by atoms with Gasteiger partial charge in [0.15, 0.2) is 0 Å². The van der Waals surface area contributed by atoms with Gasteiger partial charge in [0, 0.05) is 58.5 Å². The molecule has 1 aliphatic carbocycles. The molecule has 2 rings (SSSR count). The molecular weight excluding hydrogens is 330 g/mol. The number of anilines is 2. The second kappa shape index (κ2) is 9.57. The van der Waals surface area contributed by atoms with Crippen LogP contribution in [-0.4, -0.2) is 51.1 Å². The first-order valence-corrected chi connectivity index (χ1v) is 9.28. The number of carbonyl (C=O) groups is 2. The lowest BCUT2D eigenvalue weighted by molar-refractivity contribution is -0.130. The summed E-state index contributed by atoms with van der Waals surface area (Å²) in [7, 11) is 5.58. The van der Waals surface area contributed by atoms with Gasteiger partial charge in [-0.1, -0.05) is 12.8 Å². The standard InChI is InChI=1S/C20H31N3O3/c1-15(24)23(11-12-26-4)14-17-13-18(9-10-19(17)22(2)3)21-20(25)16-7-5-6-8-16/h9-10,13,16H,5-8,11-12,14H2,1-4H3,(H,21,25). The smallest absolute Gasteiger partial charge is 0.227 e. The molecule has 1 aliphatic rings. The highest BCUT2D eigenvalue weighted by molar-refractivity contribution is 5.93. The number of methoxy groups -OCH3 is 1. The average molecular weight is 361 g/mol. The van der Waals surface area contributed by atoms with Gasteiger partial charge in [0.2, 0.25) is 11.8 Å². The van der Waals surface area contributed by atoms with Crippen LogP contribution in [0.5, 0.6) is 0 Å². The van der Waals surface area contributed by atoms with Gasteiger partial charge >= 0.3 is 0 Å². The molecule has 6 nitrogen and oxygen atoms in total. The zero-order valence-electron chi connectivity index (χ0n) is 16.4. The van der Waals surface area contributed by atoms with Crippen LogP contribution in [-0.2, 0) is 20.9 Å².